The molecule has 0 saturated heterocycles. The Bertz CT molecular complexity index is 844. The molecule has 0 saturated carbocycles. The molecule has 0 fully saturated rings. The lowest BCUT2D eigenvalue weighted by molar-refractivity contribution is 0.0985. The molecule has 0 bridgehead atoms. The van der Waals surface area contributed by atoms with Gasteiger partial charge < -0.3 is 9.64 Å². The highest BCUT2D eigenvalue weighted by Crippen LogP contribution is 2.29. The lowest BCUT2D eigenvalue weighted by Crippen LogP contribution is -2.35. The molecule has 0 unspecified atom stereocenters. The van der Waals surface area contributed by atoms with E-state index in [-0.39, 0.29) is 5.91 Å². The predicted molar refractivity (Wildman–Crippen MR) is 95.1 cm³/mol. The molecule has 5 heteroatoms. The molecule has 4 rings (SSSR count). The van der Waals surface area contributed by atoms with E-state index in [0.717, 1.165) is 25.1 Å². The van der Waals surface area contributed by atoms with Crippen molar-refractivity contribution in [1.82, 2.24) is 4.98 Å². The molecule has 120 valence electrons. The average molecular weight is 336 g/mol. The van der Waals surface area contributed by atoms with E-state index >= 15 is 0 Å². The molecule has 0 spiro atoms. The Balaban J connectivity index is 1.55. The molecule has 1 aromatic heterocycles. The fourth-order valence-corrected chi connectivity index (χ4v) is 3.43. The van der Waals surface area contributed by atoms with Gasteiger partial charge in [-0.25, -0.2) is 4.98 Å². The Morgan fingerprint density at radius 1 is 1.12 bits per heavy atom. The molecule has 1 aliphatic rings. The first-order valence-corrected chi connectivity index (χ1v) is 8.76. The fraction of sp³-hybridized carbons (Fsp3) is 0.158. The van der Waals surface area contributed by atoms with Crippen molar-refractivity contribution in [3.05, 3.63) is 71.2 Å². The van der Waals surface area contributed by atoms with Crippen molar-refractivity contribution in [1.29, 1.82) is 0 Å². The molecule has 0 N–H and O–H groups in total. The first kappa shape index (κ1) is 14.9. The Kier molecular flexibility index (Phi) is 4.01. The van der Waals surface area contributed by atoms with Gasteiger partial charge >= 0.3 is 0 Å². The number of nitrogens with zero attached hydrogens (tertiary/aromatic N) is 2. The molecule has 0 atom stereocenters. The molecule has 24 heavy (non-hydrogen) atoms. The minimum Gasteiger partial charge on any atom is -0.431 e. The number of thiazole rings is 1. The van der Waals surface area contributed by atoms with E-state index in [2.05, 4.69) is 11.1 Å². The van der Waals surface area contributed by atoms with Crippen LogP contribution < -0.4 is 9.64 Å². The molecular weight excluding hydrogens is 320 g/mol. The van der Waals surface area contributed by atoms with Crippen molar-refractivity contribution < 1.29 is 9.53 Å². The van der Waals surface area contributed by atoms with E-state index in [9.17, 15) is 4.79 Å². The molecule has 3 aromatic rings. The van der Waals surface area contributed by atoms with Crippen molar-refractivity contribution in [2.24, 2.45) is 0 Å². The number of benzene rings is 2. The van der Waals surface area contributed by atoms with Gasteiger partial charge in [-0.3, -0.25) is 4.79 Å². The summed E-state index contributed by atoms with van der Waals surface area (Å²) in [5.74, 6) is 0.712. The Morgan fingerprint density at radius 3 is 2.75 bits per heavy atom. The van der Waals surface area contributed by atoms with Gasteiger partial charge in [-0.15, -0.1) is 0 Å². The third kappa shape index (κ3) is 2.90. The maximum atomic E-state index is 12.9. The van der Waals surface area contributed by atoms with E-state index in [4.69, 9.17) is 4.74 Å². The van der Waals surface area contributed by atoms with Crippen LogP contribution in [-0.2, 0) is 6.42 Å². The maximum Gasteiger partial charge on any atom is 0.278 e. The fourth-order valence-electron chi connectivity index (χ4n) is 2.93. The van der Waals surface area contributed by atoms with Crippen LogP contribution in [0.15, 0.2) is 60.1 Å². The van der Waals surface area contributed by atoms with E-state index in [1.807, 2.05) is 52.7 Å². The zero-order valence-electron chi connectivity index (χ0n) is 13.0. The smallest absolute Gasteiger partial charge is 0.278 e. The molecule has 0 aliphatic carbocycles. The number of fused-ring (bicyclic) bond motifs is 1. The van der Waals surface area contributed by atoms with Crippen molar-refractivity contribution in [3.8, 4) is 10.9 Å². The first-order chi connectivity index (χ1) is 11.8. The highest BCUT2D eigenvalue weighted by molar-refractivity contribution is 7.11. The first-order valence-electron chi connectivity index (χ1n) is 7.88. The van der Waals surface area contributed by atoms with Gasteiger partial charge in [0.1, 0.15) is 5.75 Å². The van der Waals surface area contributed by atoms with Crippen LogP contribution in [0.5, 0.6) is 10.9 Å². The second-order valence-corrected chi connectivity index (χ2v) is 6.47. The summed E-state index contributed by atoms with van der Waals surface area (Å²) in [5.41, 5.74) is 2.93. The van der Waals surface area contributed by atoms with Crippen LogP contribution in [0.2, 0.25) is 0 Å². The Labute approximate surface area is 144 Å². The van der Waals surface area contributed by atoms with Crippen LogP contribution in [0.25, 0.3) is 0 Å². The van der Waals surface area contributed by atoms with Crippen molar-refractivity contribution in [2.75, 3.05) is 11.4 Å². The summed E-state index contributed by atoms with van der Waals surface area (Å²) in [4.78, 5) is 18.8. The molecule has 0 radical (unpaired) electrons. The van der Waals surface area contributed by atoms with Crippen LogP contribution >= 0.6 is 11.3 Å². The Hall–Kier alpha value is -2.66. The SMILES string of the molecule is O=C(c1ccc(Oc2nccs2)cc1)N1CCCc2ccccc21. The standard InChI is InChI=1S/C19H16N2O2S/c22-18(21-12-3-5-14-4-1-2-6-17(14)21)15-7-9-16(10-8-15)23-19-20-11-13-24-19/h1-2,4,6-11,13H,3,5,12H2. The maximum absolute atomic E-state index is 12.9. The number of rotatable bonds is 3. The zero-order valence-corrected chi connectivity index (χ0v) is 13.8. The number of amides is 1. The second kappa shape index (κ2) is 6.45. The predicted octanol–water partition coefficient (Wildman–Crippen LogP) is 4.53. The highest BCUT2D eigenvalue weighted by atomic mass is 32.1. The van der Waals surface area contributed by atoms with Gasteiger partial charge in [-0.1, -0.05) is 29.5 Å². The number of para-hydroxylation sites is 1. The number of hydrogen-bond acceptors (Lipinski definition) is 4. The number of anilines is 1. The summed E-state index contributed by atoms with van der Waals surface area (Å²) in [7, 11) is 0. The summed E-state index contributed by atoms with van der Waals surface area (Å²) >= 11 is 1.43. The van der Waals surface area contributed by atoms with Crippen molar-refractivity contribution in [3.63, 3.8) is 0 Å². The number of carbonyl (C=O) groups is 1. The van der Waals surface area contributed by atoms with Gasteiger partial charge in [-0.2, -0.15) is 0 Å². The lowest BCUT2D eigenvalue weighted by Gasteiger charge is -2.29. The van der Waals surface area contributed by atoms with E-state index in [0.29, 0.717) is 16.5 Å². The van der Waals surface area contributed by atoms with Crippen molar-refractivity contribution in [2.45, 2.75) is 12.8 Å². The van der Waals surface area contributed by atoms with Crippen LogP contribution in [0.3, 0.4) is 0 Å². The zero-order chi connectivity index (χ0) is 16.4. The summed E-state index contributed by atoms with van der Waals surface area (Å²) in [6.45, 7) is 0.757. The summed E-state index contributed by atoms with van der Waals surface area (Å²) in [6.07, 6.45) is 3.72. The monoisotopic (exact) mass is 336 g/mol. The van der Waals surface area contributed by atoms with Gasteiger partial charge in [0.2, 0.25) is 0 Å². The normalized spacial score (nSPS) is 13.4. The van der Waals surface area contributed by atoms with Gasteiger partial charge in [0.15, 0.2) is 0 Å². The van der Waals surface area contributed by atoms with E-state index in [1.165, 1.54) is 16.9 Å². The lowest BCUT2D eigenvalue weighted by atomic mass is 10.0. The number of hydrogen-bond donors (Lipinski definition) is 0. The molecule has 1 aliphatic heterocycles. The molecule has 1 amide bonds. The van der Waals surface area contributed by atoms with E-state index < -0.39 is 0 Å². The molecular formula is C19H16N2O2S. The van der Waals surface area contributed by atoms with Gasteiger partial charge in [0.05, 0.1) is 0 Å². The summed E-state index contributed by atoms with van der Waals surface area (Å²) < 4.78 is 5.64. The number of aryl methyl sites for hydroxylation is 1. The van der Waals surface area contributed by atoms with Crippen molar-refractivity contribution >= 4 is 22.9 Å². The highest BCUT2D eigenvalue weighted by Gasteiger charge is 2.23. The molecule has 2 aromatic carbocycles. The van der Waals surface area contributed by atoms with Crippen LogP contribution in [0.4, 0.5) is 5.69 Å². The van der Waals surface area contributed by atoms with Gasteiger partial charge in [-0.05, 0) is 48.7 Å². The molecule has 2 heterocycles. The summed E-state index contributed by atoms with van der Waals surface area (Å²) in [6, 6.07) is 15.4. The summed E-state index contributed by atoms with van der Waals surface area (Å²) in [5, 5.41) is 2.46. The number of aromatic nitrogens is 1. The second-order valence-electron chi connectivity index (χ2n) is 5.61. The Morgan fingerprint density at radius 2 is 1.96 bits per heavy atom. The van der Waals surface area contributed by atoms with Crippen LogP contribution in [-0.4, -0.2) is 17.4 Å². The third-order valence-electron chi connectivity index (χ3n) is 4.07. The van der Waals surface area contributed by atoms with Crippen LogP contribution in [0.1, 0.15) is 22.3 Å². The minimum absolute atomic E-state index is 0.0305. The van der Waals surface area contributed by atoms with E-state index in [1.54, 1.807) is 6.20 Å². The quantitative estimate of drug-likeness (QED) is 0.706. The van der Waals surface area contributed by atoms with Crippen LogP contribution in [0, 0.1) is 0 Å². The van der Waals surface area contributed by atoms with Gasteiger partial charge in [0, 0.05) is 29.4 Å². The number of carbonyl (C=O) groups excluding carboxylic acids is 1. The van der Waals surface area contributed by atoms with Gasteiger partial charge in [0.25, 0.3) is 11.1 Å². The minimum atomic E-state index is 0.0305. The largest absolute Gasteiger partial charge is 0.431 e. The third-order valence-corrected chi connectivity index (χ3v) is 4.72. The average Bonchev–Trinajstić information content (AvgIpc) is 3.14. The topological polar surface area (TPSA) is 42.4 Å². The number of ether oxygens (including phenoxy) is 1. The molecule has 4 nitrogen and oxygen atoms in total.